The van der Waals surface area contributed by atoms with Crippen LogP contribution in [0.2, 0.25) is 0 Å². The summed E-state index contributed by atoms with van der Waals surface area (Å²) in [4.78, 5) is 25.9. The summed E-state index contributed by atoms with van der Waals surface area (Å²) in [5, 5.41) is 8.34. The molecule has 0 saturated heterocycles. The molecule has 0 unspecified atom stereocenters. The third-order valence-electron chi connectivity index (χ3n) is 3.31. The van der Waals surface area contributed by atoms with Crippen LogP contribution in [0.4, 0.5) is 0 Å². The summed E-state index contributed by atoms with van der Waals surface area (Å²) >= 11 is 0. The molecule has 2 amide bonds. The van der Waals surface area contributed by atoms with Gasteiger partial charge in [0.15, 0.2) is 0 Å². The second-order valence-electron chi connectivity index (χ2n) is 5.01. The number of carbonyl (C=O) groups is 2. The first-order valence-electron chi connectivity index (χ1n) is 7.33. The van der Waals surface area contributed by atoms with Crippen molar-refractivity contribution < 1.29 is 9.59 Å². The van der Waals surface area contributed by atoms with E-state index >= 15 is 0 Å². The Morgan fingerprint density at radius 2 is 1.84 bits per heavy atom. The molecule has 8 heteroatoms. The van der Waals surface area contributed by atoms with Gasteiger partial charge in [-0.25, -0.2) is 10.1 Å². The molecule has 124 valence electrons. The number of hydrogen-bond acceptors (Lipinski definition) is 5. The van der Waals surface area contributed by atoms with Crippen LogP contribution in [0.3, 0.4) is 0 Å². The molecule has 0 aliphatic heterocycles. The van der Waals surface area contributed by atoms with Crippen LogP contribution in [0.15, 0.2) is 66.2 Å². The molecule has 0 aliphatic carbocycles. The van der Waals surface area contributed by atoms with Crippen molar-refractivity contribution in [2.24, 2.45) is 10.8 Å². The third-order valence-corrected chi connectivity index (χ3v) is 3.31. The number of pyridine rings is 1. The smallest absolute Gasteiger partial charge is 0.329 e. The number of aromatic nitrogens is 3. The molecular formula is C17H14N6O2. The molecule has 0 aliphatic rings. The first-order valence-corrected chi connectivity index (χ1v) is 7.33. The van der Waals surface area contributed by atoms with Gasteiger partial charge in [0.2, 0.25) is 0 Å². The average Bonchev–Trinajstić information content (AvgIpc) is 3.07. The highest BCUT2D eigenvalue weighted by Gasteiger charge is 2.11. The lowest BCUT2D eigenvalue weighted by molar-refractivity contribution is -0.137. The van der Waals surface area contributed by atoms with Crippen molar-refractivity contribution in [2.45, 2.75) is 0 Å². The average molecular weight is 334 g/mol. The van der Waals surface area contributed by atoms with E-state index < -0.39 is 11.8 Å². The lowest BCUT2D eigenvalue weighted by Crippen LogP contribution is -2.32. The van der Waals surface area contributed by atoms with Crippen LogP contribution in [0.1, 0.15) is 5.56 Å². The monoisotopic (exact) mass is 334 g/mol. The fourth-order valence-corrected chi connectivity index (χ4v) is 2.14. The predicted molar refractivity (Wildman–Crippen MR) is 91.7 cm³/mol. The van der Waals surface area contributed by atoms with Crippen molar-refractivity contribution >= 4 is 18.0 Å². The van der Waals surface area contributed by atoms with Gasteiger partial charge in [-0.15, -0.1) is 0 Å². The highest BCUT2D eigenvalue weighted by atomic mass is 16.2. The number of hydrogen-bond donors (Lipinski definition) is 2. The van der Waals surface area contributed by atoms with Crippen LogP contribution in [0.5, 0.6) is 0 Å². The summed E-state index contributed by atoms with van der Waals surface area (Å²) in [6.45, 7) is 0. The van der Waals surface area contributed by atoms with Gasteiger partial charge in [-0.3, -0.25) is 14.6 Å². The van der Waals surface area contributed by atoms with Gasteiger partial charge in [0, 0.05) is 29.7 Å². The van der Waals surface area contributed by atoms with Crippen LogP contribution >= 0.6 is 0 Å². The quantitative estimate of drug-likeness (QED) is 0.418. The van der Waals surface area contributed by atoms with E-state index in [1.807, 2.05) is 42.5 Å². The Hall–Kier alpha value is -3.81. The Morgan fingerprint density at radius 3 is 2.52 bits per heavy atom. The molecular weight excluding hydrogens is 320 g/mol. The van der Waals surface area contributed by atoms with E-state index in [4.69, 9.17) is 5.73 Å². The van der Waals surface area contributed by atoms with Crippen molar-refractivity contribution in [2.75, 3.05) is 0 Å². The standard InChI is InChI=1S/C17H14N6O2/c18-16(24)17(25)21-20-10-13-11-23(14-4-2-1-3-5-14)22-15(13)12-6-8-19-9-7-12/h1-11H,(H2,18,24)(H,21,25)/b20-10-. The number of benzene rings is 1. The third kappa shape index (κ3) is 3.75. The summed E-state index contributed by atoms with van der Waals surface area (Å²) in [6, 6.07) is 13.2. The van der Waals surface area contributed by atoms with Gasteiger partial charge in [0.05, 0.1) is 11.9 Å². The molecule has 1 aromatic carbocycles. The summed E-state index contributed by atoms with van der Waals surface area (Å²) in [6.07, 6.45) is 6.49. The maximum Gasteiger partial charge on any atom is 0.329 e. The molecule has 3 aromatic rings. The predicted octanol–water partition coefficient (Wildman–Crippen LogP) is 0.870. The van der Waals surface area contributed by atoms with Gasteiger partial charge < -0.3 is 5.73 Å². The van der Waals surface area contributed by atoms with Crippen LogP contribution in [-0.4, -0.2) is 32.8 Å². The summed E-state index contributed by atoms with van der Waals surface area (Å²) in [5.74, 6) is -2.09. The number of amides is 2. The highest BCUT2D eigenvalue weighted by Crippen LogP contribution is 2.21. The number of nitrogens with zero attached hydrogens (tertiary/aromatic N) is 4. The van der Waals surface area contributed by atoms with Crippen molar-refractivity contribution in [3.8, 4) is 16.9 Å². The SMILES string of the molecule is NC(=O)C(=O)N/N=C\c1cn(-c2ccccc2)nc1-c1ccncc1. The summed E-state index contributed by atoms with van der Waals surface area (Å²) < 4.78 is 1.70. The topological polar surface area (TPSA) is 115 Å². The number of primary amides is 1. The minimum Gasteiger partial charge on any atom is -0.361 e. The van der Waals surface area contributed by atoms with Gasteiger partial charge >= 0.3 is 11.8 Å². The van der Waals surface area contributed by atoms with E-state index in [0.717, 1.165) is 11.3 Å². The van der Waals surface area contributed by atoms with Crippen molar-refractivity contribution in [3.05, 3.63) is 66.6 Å². The lowest BCUT2D eigenvalue weighted by atomic mass is 10.1. The first-order chi connectivity index (χ1) is 12.1. The minimum atomic E-state index is -1.11. The number of hydrazone groups is 1. The first kappa shape index (κ1) is 16.1. The molecule has 0 atom stereocenters. The Morgan fingerprint density at radius 1 is 1.12 bits per heavy atom. The summed E-state index contributed by atoms with van der Waals surface area (Å²) in [7, 11) is 0. The molecule has 0 bridgehead atoms. The van der Waals surface area contributed by atoms with E-state index in [-0.39, 0.29) is 0 Å². The number of carbonyl (C=O) groups excluding carboxylic acids is 2. The summed E-state index contributed by atoms with van der Waals surface area (Å²) in [5.41, 5.74) is 9.96. The molecule has 25 heavy (non-hydrogen) atoms. The van der Waals surface area contributed by atoms with Crippen molar-refractivity contribution in [3.63, 3.8) is 0 Å². The molecule has 0 radical (unpaired) electrons. The number of nitrogens with one attached hydrogen (secondary N) is 1. The largest absolute Gasteiger partial charge is 0.361 e. The van der Waals surface area contributed by atoms with E-state index in [9.17, 15) is 9.59 Å². The second kappa shape index (κ2) is 7.18. The molecule has 2 aromatic heterocycles. The van der Waals surface area contributed by atoms with Gasteiger partial charge in [0.25, 0.3) is 0 Å². The van der Waals surface area contributed by atoms with Gasteiger partial charge in [-0.2, -0.15) is 10.2 Å². The van der Waals surface area contributed by atoms with E-state index in [1.165, 1.54) is 6.21 Å². The number of para-hydroxylation sites is 1. The molecule has 3 rings (SSSR count). The van der Waals surface area contributed by atoms with Gasteiger partial charge in [0.1, 0.15) is 5.69 Å². The van der Waals surface area contributed by atoms with Crippen LogP contribution in [0, 0.1) is 0 Å². The molecule has 2 heterocycles. The zero-order valence-corrected chi connectivity index (χ0v) is 13.0. The van der Waals surface area contributed by atoms with Crippen molar-refractivity contribution in [1.29, 1.82) is 0 Å². The van der Waals surface area contributed by atoms with Crippen molar-refractivity contribution in [1.82, 2.24) is 20.2 Å². The van der Waals surface area contributed by atoms with Gasteiger partial charge in [-0.05, 0) is 24.3 Å². The minimum absolute atomic E-state index is 0.653. The van der Waals surface area contributed by atoms with Crippen LogP contribution in [0.25, 0.3) is 16.9 Å². The van der Waals surface area contributed by atoms with Gasteiger partial charge in [-0.1, -0.05) is 18.2 Å². The zero-order chi connectivity index (χ0) is 17.6. The fourth-order valence-electron chi connectivity index (χ4n) is 2.14. The molecule has 0 saturated carbocycles. The Kier molecular flexibility index (Phi) is 4.61. The second-order valence-corrected chi connectivity index (χ2v) is 5.01. The maximum absolute atomic E-state index is 11.2. The molecule has 0 fully saturated rings. The van der Waals surface area contributed by atoms with Crippen LogP contribution in [-0.2, 0) is 9.59 Å². The Balaban J connectivity index is 1.97. The molecule has 3 N–H and O–H groups in total. The van der Waals surface area contributed by atoms with Crippen LogP contribution < -0.4 is 11.2 Å². The molecule has 0 spiro atoms. The Labute approximate surface area is 143 Å². The lowest BCUT2D eigenvalue weighted by Gasteiger charge is -2.00. The number of rotatable bonds is 4. The zero-order valence-electron chi connectivity index (χ0n) is 13.0. The maximum atomic E-state index is 11.2. The Bertz CT molecular complexity index is 919. The van der Waals surface area contributed by atoms with E-state index in [0.29, 0.717) is 11.3 Å². The highest BCUT2D eigenvalue weighted by molar-refractivity contribution is 6.34. The number of nitrogens with two attached hydrogens (primary N) is 1. The van der Waals surface area contributed by atoms with E-state index in [2.05, 4.69) is 20.6 Å². The molecule has 8 nitrogen and oxygen atoms in total. The fraction of sp³-hybridized carbons (Fsp3) is 0. The normalized spacial score (nSPS) is 10.7. The van der Waals surface area contributed by atoms with E-state index in [1.54, 1.807) is 23.3 Å².